The van der Waals surface area contributed by atoms with Crippen LogP contribution in [0.1, 0.15) is 31.1 Å². The van der Waals surface area contributed by atoms with Gasteiger partial charge in [0.05, 0.1) is 11.7 Å². The van der Waals surface area contributed by atoms with Crippen molar-refractivity contribution in [1.82, 2.24) is 0 Å². The molecule has 0 bridgehead atoms. The molecule has 0 saturated carbocycles. The van der Waals surface area contributed by atoms with E-state index in [-0.39, 0.29) is 5.56 Å². The molecule has 0 radical (unpaired) electrons. The van der Waals surface area contributed by atoms with Gasteiger partial charge in [-0.05, 0) is 31.5 Å². The van der Waals surface area contributed by atoms with Crippen LogP contribution in [0.4, 0.5) is 13.2 Å². The van der Waals surface area contributed by atoms with Gasteiger partial charge in [0.1, 0.15) is 5.75 Å². The minimum absolute atomic E-state index is 0.0344. The molecular formula is C11H13F3O2. The van der Waals surface area contributed by atoms with Crippen LogP contribution in [0.25, 0.3) is 0 Å². The summed E-state index contributed by atoms with van der Waals surface area (Å²) in [6, 6.07) is 3.17. The smallest absolute Gasteiger partial charge is 0.416 e. The van der Waals surface area contributed by atoms with Crippen LogP contribution in [0.3, 0.4) is 0 Å². The number of phenolic OH excluding ortho intramolecular Hbond substituents is 1. The normalized spacial score (nSPS) is 13.8. The highest BCUT2D eigenvalue weighted by Gasteiger charge is 2.35. The lowest BCUT2D eigenvalue weighted by Crippen LogP contribution is -2.12. The van der Waals surface area contributed by atoms with Crippen molar-refractivity contribution in [2.75, 3.05) is 6.61 Å². The van der Waals surface area contributed by atoms with Gasteiger partial charge in [0.15, 0.2) is 0 Å². The summed E-state index contributed by atoms with van der Waals surface area (Å²) in [7, 11) is 0. The predicted octanol–water partition coefficient (Wildman–Crippen LogP) is 3.51. The highest BCUT2D eigenvalue weighted by molar-refractivity contribution is 5.38. The molecule has 1 aromatic rings. The molecule has 0 aliphatic rings. The van der Waals surface area contributed by atoms with E-state index >= 15 is 0 Å². The summed E-state index contributed by atoms with van der Waals surface area (Å²) < 4.78 is 43.1. The Hall–Kier alpha value is -1.23. The lowest BCUT2D eigenvalue weighted by atomic mass is 10.0. The maximum Gasteiger partial charge on any atom is 0.416 e. The van der Waals surface area contributed by atoms with Gasteiger partial charge < -0.3 is 9.84 Å². The van der Waals surface area contributed by atoms with Crippen LogP contribution in [0.5, 0.6) is 5.75 Å². The van der Waals surface area contributed by atoms with Crippen LogP contribution in [-0.2, 0) is 10.9 Å². The minimum atomic E-state index is -4.49. The SMILES string of the molecule is CCOC(C)c1ccc(O)cc1C(F)(F)F. The summed E-state index contributed by atoms with van der Waals surface area (Å²) in [5.74, 6) is -0.403. The van der Waals surface area contributed by atoms with Crippen molar-refractivity contribution in [3.8, 4) is 5.75 Å². The van der Waals surface area contributed by atoms with Gasteiger partial charge in [-0.15, -0.1) is 0 Å². The first kappa shape index (κ1) is 12.8. The first-order chi connectivity index (χ1) is 7.36. The predicted molar refractivity (Wildman–Crippen MR) is 53.1 cm³/mol. The standard InChI is InChI=1S/C11H13F3O2/c1-3-16-7(2)9-5-4-8(15)6-10(9)11(12,13)14/h4-7,15H,3H2,1-2H3. The van der Waals surface area contributed by atoms with Gasteiger partial charge in [0.25, 0.3) is 0 Å². The molecule has 1 N–H and O–H groups in total. The maximum atomic E-state index is 12.7. The van der Waals surface area contributed by atoms with E-state index in [1.807, 2.05) is 0 Å². The van der Waals surface area contributed by atoms with Crippen molar-refractivity contribution >= 4 is 0 Å². The van der Waals surface area contributed by atoms with Gasteiger partial charge in [-0.25, -0.2) is 0 Å². The molecule has 2 nitrogen and oxygen atoms in total. The second-order valence-corrected chi connectivity index (χ2v) is 3.37. The molecule has 1 atom stereocenters. The average Bonchev–Trinajstić information content (AvgIpc) is 2.16. The van der Waals surface area contributed by atoms with Gasteiger partial charge >= 0.3 is 6.18 Å². The molecule has 5 heteroatoms. The van der Waals surface area contributed by atoms with E-state index in [1.165, 1.54) is 12.1 Å². The Bertz CT molecular complexity index is 361. The van der Waals surface area contributed by atoms with Crippen molar-refractivity contribution in [3.63, 3.8) is 0 Å². The summed E-state index contributed by atoms with van der Waals surface area (Å²) in [5, 5.41) is 9.07. The Balaban J connectivity index is 3.18. The highest BCUT2D eigenvalue weighted by atomic mass is 19.4. The third-order valence-electron chi connectivity index (χ3n) is 2.20. The number of hydrogen-bond acceptors (Lipinski definition) is 2. The minimum Gasteiger partial charge on any atom is -0.508 e. The van der Waals surface area contributed by atoms with E-state index < -0.39 is 23.6 Å². The number of rotatable bonds is 3. The van der Waals surface area contributed by atoms with Crippen LogP contribution in [0.15, 0.2) is 18.2 Å². The van der Waals surface area contributed by atoms with Crippen LogP contribution in [-0.4, -0.2) is 11.7 Å². The fourth-order valence-corrected chi connectivity index (χ4v) is 1.48. The van der Waals surface area contributed by atoms with Crippen molar-refractivity contribution in [2.45, 2.75) is 26.1 Å². The molecule has 0 saturated heterocycles. The van der Waals surface area contributed by atoms with E-state index in [9.17, 15) is 13.2 Å². The molecule has 0 spiro atoms. The lowest BCUT2D eigenvalue weighted by Gasteiger charge is -2.18. The molecule has 0 amide bonds. The van der Waals surface area contributed by atoms with Gasteiger partial charge in [-0.3, -0.25) is 0 Å². The summed E-state index contributed by atoms with van der Waals surface area (Å²) in [6.07, 6.45) is -5.14. The van der Waals surface area contributed by atoms with Crippen LogP contribution in [0.2, 0.25) is 0 Å². The van der Waals surface area contributed by atoms with E-state index in [4.69, 9.17) is 9.84 Å². The number of hydrogen-bond donors (Lipinski definition) is 1. The third kappa shape index (κ3) is 2.88. The molecule has 0 fully saturated rings. The Morgan fingerprint density at radius 3 is 2.50 bits per heavy atom. The zero-order valence-corrected chi connectivity index (χ0v) is 9.01. The number of alkyl halides is 3. The van der Waals surface area contributed by atoms with Crippen molar-refractivity contribution < 1.29 is 23.0 Å². The molecule has 0 aliphatic carbocycles. The first-order valence-electron chi connectivity index (χ1n) is 4.88. The molecule has 0 heterocycles. The monoisotopic (exact) mass is 234 g/mol. The molecule has 16 heavy (non-hydrogen) atoms. The Morgan fingerprint density at radius 2 is 2.00 bits per heavy atom. The second-order valence-electron chi connectivity index (χ2n) is 3.37. The molecule has 0 aliphatic heterocycles. The molecular weight excluding hydrogens is 221 g/mol. The van der Waals surface area contributed by atoms with Gasteiger partial charge in [0, 0.05) is 6.61 Å². The van der Waals surface area contributed by atoms with E-state index in [2.05, 4.69) is 0 Å². The number of phenols is 1. The van der Waals surface area contributed by atoms with E-state index in [0.29, 0.717) is 12.7 Å². The van der Waals surface area contributed by atoms with Gasteiger partial charge in [0.2, 0.25) is 0 Å². The second kappa shape index (κ2) is 4.74. The molecule has 1 aromatic carbocycles. The van der Waals surface area contributed by atoms with Gasteiger partial charge in [-0.1, -0.05) is 6.07 Å². The fraction of sp³-hybridized carbons (Fsp3) is 0.455. The van der Waals surface area contributed by atoms with Crippen molar-refractivity contribution in [2.24, 2.45) is 0 Å². The quantitative estimate of drug-likeness (QED) is 0.867. The topological polar surface area (TPSA) is 29.5 Å². The summed E-state index contributed by atoms with van der Waals surface area (Å²) in [6.45, 7) is 3.59. The molecule has 90 valence electrons. The van der Waals surface area contributed by atoms with Crippen molar-refractivity contribution in [1.29, 1.82) is 0 Å². The summed E-state index contributed by atoms with van der Waals surface area (Å²) >= 11 is 0. The van der Waals surface area contributed by atoms with E-state index in [0.717, 1.165) is 0 Å². The molecule has 1 unspecified atom stereocenters. The average molecular weight is 234 g/mol. The highest BCUT2D eigenvalue weighted by Crippen LogP contribution is 2.37. The Kier molecular flexibility index (Phi) is 3.80. The summed E-state index contributed by atoms with van der Waals surface area (Å²) in [5.41, 5.74) is -0.819. The zero-order valence-electron chi connectivity index (χ0n) is 9.01. The zero-order chi connectivity index (χ0) is 12.3. The Morgan fingerprint density at radius 1 is 1.38 bits per heavy atom. The number of aromatic hydroxyl groups is 1. The number of benzene rings is 1. The number of halogens is 3. The van der Waals surface area contributed by atoms with Crippen LogP contribution < -0.4 is 0 Å². The molecule has 0 aromatic heterocycles. The van der Waals surface area contributed by atoms with Crippen LogP contribution >= 0.6 is 0 Å². The van der Waals surface area contributed by atoms with Gasteiger partial charge in [-0.2, -0.15) is 13.2 Å². The van der Waals surface area contributed by atoms with Crippen molar-refractivity contribution in [3.05, 3.63) is 29.3 Å². The Labute approximate surface area is 91.7 Å². The lowest BCUT2D eigenvalue weighted by molar-refractivity contribution is -0.139. The largest absolute Gasteiger partial charge is 0.508 e. The number of ether oxygens (including phenoxy) is 1. The maximum absolute atomic E-state index is 12.7. The van der Waals surface area contributed by atoms with Crippen LogP contribution in [0, 0.1) is 0 Å². The third-order valence-corrected chi connectivity index (χ3v) is 2.20. The summed E-state index contributed by atoms with van der Waals surface area (Å²) in [4.78, 5) is 0. The first-order valence-corrected chi connectivity index (χ1v) is 4.88. The fourth-order valence-electron chi connectivity index (χ4n) is 1.48. The molecule has 1 rings (SSSR count). The van der Waals surface area contributed by atoms with E-state index in [1.54, 1.807) is 13.8 Å².